The van der Waals surface area contributed by atoms with Gasteiger partial charge in [-0.25, -0.2) is 0 Å². The van der Waals surface area contributed by atoms with Crippen molar-refractivity contribution in [1.82, 2.24) is 4.90 Å². The number of hydrogen-bond donors (Lipinski definition) is 2. The molecule has 122 valence electrons. The molecule has 2 atom stereocenters. The van der Waals surface area contributed by atoms with Gasteiger partial charge in [0, 0.05) is 19.5 Å². The van der Waals surface area contributed by atoms with Crippen LogP contribution in [0.15, 0.2) is 0 Å². The van der Waals surface area contributed by atoms with E-state index in [-0.39, 0.29) is 5.91 Å². The predicted molar refractivity (Wildman–Crippen MR) is 82.9 cm³/mol. The van der Waals surface area contributed by atoms with Gasteiger partial charge >= 0.3 is 5.97 Å². The molecular weight excluding hydrogens is 268 g/mol. The maximum absolute atomic E-state index is 12.3. The van der Waals surface area contributed by atoms with Crippen LogP contribution in [0.1, 0.15) is 58.8 Å². The van der Waals surface area contributed by atoms with Gasteiger partial charge < -0.3 is 15.7 Å². The second-order valence-electron chi connectivity index (χ2n) is 6.56. The van der Waals surface area contributed by atoms with Gasteiger partial charge in [0.05, 0.1) is 5.41 Å². The van der Waals surface area contributed by atoms with E-state index in [1.165, 1.54) is 0 Å². The third kappa shape index (κ3) is 5.30. The van der Waals surface area contributed by atoms with Crippen molar-refractivity contribution < 1.29 is 14.7 Å². The molecule has 1 aliphatic heterocycles. The Morgan fingerprint density at radius 1 is 1.33 bits per heavy atom. The Kier molecular flexibility index (Phi) is 7.15. The molecular formula is C16H30N2O3. The monoisotopic (exact) mass is 298 g/mol. The number of carboxylic acids is 1. The standard InChI is InChI=1S/C16H30N2O3/c1-3-5-13(8-10-17)6-7-14(19)18-11-4-9-16(2,12-18)15(20)21/h13H,3-12,17H2,1-2H3,(H,20,21). The zero-order valence-corrected chi connectivity index (χ0v) is 13.4. The third-order valence-electron chi connectivity index (χ3n) is 4.60. The molecule has 0 aromatic carbocycles. The smallest absolute Gasteiger partial charge is 0.311 e. The van der Waals surface area contributed by atoms with Crippen LogP contribution in [0.3, 0.4) is 0 Å². The molecule has 1 aliphatic rings. The molecule has 0 aromatic rings. The minimum absolute atomic E-state index is 0.0975. The summed E-state index contributed by atoms with van der Waals surface area (Å²) in [4.78, 5) is 25.4. The fraction of sp³-hybridized carbons (Fsp3) is 0.875. The number of rotatable bonds is 8. The lowest BCUT2D eigenvalue weighted by atomic mass is 9.82. The van der Waals surface area contributed by atoms with E-state index in [2.05, 4.69) is 6.92 Å². The zero-order valence-electron chi connectivity index (χ0n) is 13.4. The highest BCUT2D eigenvalue weighted by atomic mass is 16.4. The Morgan fingerprint density at radius 3 is 2.62 bits per heavy atom. The van der Waals surface area contributed by atoms with Crippen molar-refractivity contribution >= 4 is 11.9 Å². The lowest BCUT2D eigenvalue weighted by molar-refractivity contribution is -0.153. The first-order valence-corrected chi connectivity index (χ1v) is 8.14. The summed E-state index contributed by atoms with van der Waals surface area (Å²) in [6.45, 7) is 5.59. The number of piperidine rings is 1. The molecule has 5 heteroatoms. The van der Waals surface area contributed by atoms with Crippen LogP contribution in [0.2, 0.25) is 0 Å². The molecule has 0 saturated carbocycles. The lowest BCUT2D eigenvalue weighted by Gasteiger charge is -2.37. The van der Waals surface area contributed by atoms with E-state index in [0.717, 1.165) is 32.1 Å². The molecule has 3 N–H and O–H groups in total. The number of carboxylic acid groups (broad SMARTS) is 1. The summed E-state index contributed by atoms with van der Waals surface area (Å²) in [5.74, 6) is -0.188. The fourth-order valence-electron chi connectivity index (χ4n) is 3.19. The van der Waals surface area contributed by atoms with Gasteiger partial charge in [-0.1, -0.05) is 19.8 Å². The summed E-state index contributed by atoms with van der Waals surface area (Å²) in [6, 6.07) is 0. The van der Waals surface area contributed by atoms with Crippen LogP contribution in [-0.4, -0.2) is 41.5 Å². The fourth-order valence-corrected chi connectivity index (χ4v) is 3.19. The minimum atomic E-state index is -0.799. The van der Waals surface area contributed by atoms with Crippen LogP contribution in [0.4, 0.5) is 0 Å². The molecule has 1 rings (SSSR count). The third-order valence-corrected chi connectivity index (χ3v) is 4.60. The number of likely N-dealkylation sites (tertiary alicyclic amines) is 1. The molecule has 0 radical (unpaired) electrons. The first kappa shape index (κ1) is 18.0. The van der Waals surface area contributed by atoms with Crippen molar-refractivity contribution in [2.45, 2.75) is 58.8 Å². The van der Waals surface area contributed by atoms with Gasteiger partial charge in [-0.3, -0.25) is 9.59 Å². The van der Waals surface area contributed by atoms with Gasteiger partial charge in [0.25, 0.3) is 0 Å². The topological polar surface area (TPSA) is 83.6 Å². The number of amides is 1. The van der Waals surface area contributed by atoms with Gasteiger partial charge in [0.1, 0.15) is 0 Å². The van der Waals surface area contributed by atoms with Crippen molar-refractivity contribution in [3.8, 4) is 0 Å². The number of aliphatic carboxylic acids is 1. The van der Waals surface area contributed by atoms with Crippen molar-refractivity contribution in [3.63, 3.8) is 0 Å². The Morgan fingerprint density at radius 2 is 2.05 bits per heavy atom. The van der Waals surface area contributed by atoms with E-state index in [1.54, 1.807) is 11.8 Å². The molecule has 1 saturated heterocycles. The van der Waals surface area contributed by atoms with Gasteiger partial charge in [-0.15, -0.1) is 0 Å². The van der Waals surface area contributed by atoms with Crippen molar-refractivity contribution in [1.29, 1.82) is 0 Å². The molecule has 2 unspecified atom stereocenters. The van der Waals surface area contributed by atoms with Crippen LogP contribution in [-0.2, 0) is 9.59 Å². The number of nitrogens with zero attached hydrogens (tertiary/aromatic N) is 1. The first-order chi connectivity index (χ1) is 9.92. The molecule has 21 heavy (non-hydrogen) atoms. The number of carbonyl (C=O) groups is 2. The molecule has 5 nitrogen and oxygen atoms in total. The Bertz CT molecular complexity index is 353. The van der Waals surface area contributed by atoms with E-state index in [0.29, 0.717) is 38.4 Å². The highest BCUT2D eigenvalue weighted by Gasteiger charge is 2.39. The number of carbonyl (C=O) groups excluding carboxylic acids is 1. The van der Waals surface area contributed by atoms with Crippen molar-refractivity contribution in [2.24, 2.45) is 17.1 Å². The summed E-state index contributed by atoms with van der Waals surface area (Å²) >= 11 is 0. The average Bonchev–Trinajstić information content (AvgIpc) is 2.45. The van der Waals surface area contributed by atoms with E-state index < -0.39 is 11.4 Å². The average molecular weight is 298 g/mol. The minimum Gasteiger partial charge on any atom is -0.481 e. The molecule has 1 heterocycles. The number of hydrogen-bond acceptors (Lipinski definition) is 3. The van der Waals surface area contributed by atoms with Crippen LogP contribution >= 0.6 is 0 Å². The van der Waals surface area contributed by atoms with E-state index in [9.17, 15) is 14.7 Å². The van der Waals surface area contributed by atoms with Gasteiger partial charge in [-0.2, -0.15) is 0 Å². The SMILES string of the molecule is CCCC(CCN)CCC(=O)N1CCCC(C)(C(=O)O)C1. The molecule has 1 amide bonds. The van der Waals surface area contributed by atoms with Gasteiger partial charge in [0.15, 0.2) is 0 Å². The zero-order chi connectivity index (χ0) is 15.9. The Hall–Kier alpha value is -1.10. The van der Waals surface area contributed by atoms with Crippen LogP contribution in [0, 0.1) is 11.3 Å². The summed E-state index contributed by atoms with van der Waals surface area (Å²) in [7, 11) is 0. The summed E-state index contributed by atoms with van der Waals surface area (Å²) in [5.41, 5.74) is 4.83. The van der Waals surface area contributed by atoms with E-state index in [4.69, 9.17) is 5.73 Å². The first-order valence-electron chi connectivity index (χ1n) is 8.14. The molecule has 1 fully saturated rings. The van der Waals surface area contributed by atoms with E-state index >= 15 is 0 Å². The second kappa shape index (κ2) is 8.37. The van der Waals surface area contributed by atoms with Gasteiger partial charge in [0.2, 0.25) is 5.91 Å². The van der Waals surface area contributed by atoms with E-state index in [1.807, 2.05) is 0 Å². The Balaban J connectivity index is 2.49. The van der Waals surface area contributed by atoms with Crippen LogP contribution in [0.5, 0.6) is 0 Å². The van der Waals surface area contributed by atoms with Crippen molar-refractivity contribution in [3.05, 3.63) is 0 Å². The molecule has 0 aromatic heterocycles. The summed E-state index contributed by atoms with van der Waals surface area (Å²) in [6.07, 6.45) is 5.99. The van der Waals surface area contributed by atoms with Crippen molar-refractivity contribution in [2.75, 3.05) is 19.6 Å². The normalized spacial score (nSPS) is 23.9. The second-order valence-corrected chi connectivity index (χ2v) is 6.56. The summed E-state index contributed by atoms with van der Waals surface area (Å²) in [5, 5.41) is 9.30. The number of nitrogens with two attached hydrogens (primary N) is 1. The highest BCUT2D eigenvalue weighted by Crippen LogP contribution is 2.30. The quantitative estimate of drug-likeness (QED) is 0.720. The largest absolute Gasteiger partial charge is 0.481 e. The maximum atomic E-state index is 12.3. The van der Waals surface area contributed by atoms with Gasteiger partial charge in [-0.05, 0) is 45.1 Å². The predicted octanol–water partition coefficient (Wildman–Crippen LogP) is 2.25. The maximum Gasteiger partial charge on any atom is 0.311 e. The molecule has 0 spiro atoms. The molecule has 0 aliphatic carbocycles. The summed E-state index contributed by atoms with van der Waals surface area (Å²) < 4.78 is 0. The van der Waals surface area contributed by atoms with Crippen LogP contribution < -0.4 is 5.73 Å². The highest BCUT2D eigenvalue weighted by molar-refractivity contribution is 5.79. The van der Waals surface area contributed by atoms with Crippen LogP contribution in [0.25, 0.3) is 0 Å². The Labute approximate surface area is 127 Å². The lowest BCUT2D eigenvalue weighted by Crippen LogP contribution is -2.48. The molecule has 0 bridgehead atoms.